The number of imidazole rings is 1. The SMILES string of the molecule is COc1ccc([C@@H]2CCC[C@@H]3CC/C(=C\c4ccc(-n5cnc(C)c5)c(OC)c4)CN32)cc1. The molecule has 0 bridgehead atoms. The van der Waals surface area contributed by atoms with Gasteiger partial charge in [-0.1, -0.05) is 29.8 Å². The molecule has 0 saturated carbocycles. The van der Waals surface area contributed by atoms with Gasteiger partial charge in [-0.05, 0) is 74.4 Å². The zero-order valence-electron chi connectivity index (χ0n) is 19.8. The number of nitrogens with zero attached hydrogens (tertiary/aromatic N) is 3. The van der Waals surface area contributed by atoms with E-state index in [1.807, 2.05) is 24.0 Å². The number of hydrogen-bond donors (Lipinski definition) is 0. The summed E-state index contributed by atoms with van der Waals surface area (Å²) in [4.78, 5) is 7.08. The fourth-order valence-corrected chi connectivity index (χ4v) is 5.44. The molecule has 5 rings (SSSR count). The Hall–Kier alpha value is -3.05. The van der Waals surface area contributed by atoms with Crippen molar-refractivity contribution in [3.63, 3.8) is 0 Å². The van der Waals surface area contributed by atoms with E-state index < -0.39 is 0 Å². The molecule has 2 atom stereocenters. The second-order valence-corrected chi connectivity index (χ2v) is 9.24. The van der Waals surface area contributed by atoms with Gasteiger partial charge >= 0.3 is 0 Å². The zero-order valence-corrected chi connectivity index (χ0v) is 19.8. The van der Waals surface area contributed by atoms with Gasteiger partial charge < -0.3 is 14.0 Å². The highest BCUT2D eigenvalue weighted by Crippen LogP contribution is 2.40. The molecule has 0 unspecified atom stereocenters. The summed E-state index contributed by atoms with van der Waals surface area (Å²) in [6.45, 7) is 3.03. The van der Waals surface area contributed by atoms with E-state index in [-0.39, 0.29) is 0 Å². The van der Waals surface area contributed by atoms with Crippen molar-refractivity contribution in [1.82, 2.24) is 14.5 Å². The molecule has 0 spiro atoms. The summed E-state index contributed by atoms with van der Waals surface area (Å²) in [7, 11) is 3.46. The van der Waals surface area contributed by atoms with E-state index in [2.05, 4.69) is 58.4 Å². The molecule has 2 aromatic carbocycles. The van der Waals surface area contributed by atoms with Gasteiger partial charge in [-0.2, -0.15) is 0 Å². The third-order valence-electron chi connectivity index (χ3n) is 7.13. The minimum atomic E-state index is 0.486. The Morgan fingerprint density at radius 3 is 2.58 bits per heavy atom. The maximum atomic E-state index is 5.72. The van der Waals surface area contributed by atoms with Crippen molar-refractivity contribution in [3.05, 3.63) is 77.4 Å². The van der Waals surface area contributed by atoms with E-state index in [1.165, 1.54) is 48.8 Å². The van der Waals surface area contributed by atoms with Gasteiger partial charge in [0.1, 0.15) is 11.5 Å². The van der Waals surface area contributed by atoms with Crippen LogP contribution in [0.25, 0.3) is 11.8 Å². The van der Waals surface area contributed by atoms with Crippen molar-refractivity contribution in [3.8, 4) is 17.2 Å². The maximum absolute atomic E-state index is 5.72. The Kier molecular flexibility index (Phi) is 6.23. The molecular weight excluding hydrogens is 410 g/mol. The first kappa shape index (κ1) is 21.8. The number of aromatic nitrogens is 2. The largest absolute Gasteiger partial charge is 0.497 e. The van der Waals surface area contributed by atoms with Crippen LogP contribution >= 0.6 is 0 Å². The molecule has 1 aromatic heterocycles. The molecule has 5 heteroatoms. The highest BCUT2D eigenvalue weighted by molar-refractivity contribution is 5.60. The molecule has 2 aliphatic heterocycles. The third-order valence-corrected chi connectivity index (χ3v) is 7.13. The summed E-state index contributed by atoms with van der Waals surface area (Å²) >= 11 is 0. The molecule has 172 valence electrons. The molecule has 2 fully saturated rings. The minimum absolute atomic E-state index is 0.486. The molecule has 2 aliphatic rings. The van der Waals surface area contributed by atoms with Crippen LogP contribution in [0.4, 0.5) is 0 Å². The van der Waals surface area contributed by atoms with Crippen LogP contribution in [0.15, 0.2) is 60.6 Å². The van der Waals surface area contributed by atoms with E-state index in [1.54, 1.807) is 14.2 Å². The van der Waals surface area contributed by atoms with Crippen LogP contribution in [0.5, 0.6) is 11.5 Å². The van der Waals surface area contributed by atoms with Gasteiger partial charge in [-0.3, -0.25) is 4.90 Å². The van der Waals surface area contributed by atoms with Gasteiger partial charge in [0, 0.05) is 24.8 Å². The van der Waals surface area contributed by atoms with Gasteiger partial charge in [0.05, 0.1) is 31.9 Å². The summed E-state index contributed by atoms with van der Waals surface area (Å²) in [5, 5.41) is 0. The van der Waals surface area contributed by atoms with Crippen molar-refractivity contribution in [2.24, 2.45) is 0 Å². The van der Waals surface area contributed by atoms with Crippen LogP contribution in [0, 0.1) is 6.92 Å². The highest BCUT2D eigenvalue weighted by Gasteiger charge is 2.34. The topological polar surface area (TPSA) is 39.5 Å². The fraction of sp³-hybridized carbons (Fsp3) is 0.393. The first-order valence-electron chi connectivity index (χ1n) is 11.9. The lowest BCUT2D eigenvalue weighted by Gasteiger charge is -2.46. The first-order valence-corrected chi connectivity index (χ1v) is 11.9. The molecule has 2 saturated heterocycles. The summed E-state index contributed by atoms with van der Waals surface area (Å²) in [6, 6.07) is 16.3. The molecule has 0 amide bonds. The smallest absolute Gasteiger partial charge is 0.143 e. The quantitative estimate of drug-likeness (QED) is 0.487. The Labute approximate surface area is 196 Å². The summed E-state index contributed by atoms with van der Waals surface area (Å²) in [5.74, 6) is 1.79. The Morgan fingerprint density at radius 1 is 1.00 bits per heavy atom. The number of fused-ring (bicyclic) bond motifs is 1. The van der Waals surface area contributed by atoms with Gasteiger partial charge in [-0.25, -0.2) is 4.98 Å². The molecule has 5 nitrogen and oxygen atoms in total. The third kappa shape index (κ3) is 4.55. The Balaban J connectivity index is 1.38. The lowest BCUT2D eigenvalue weighted by Crippen LogP contribution is -2.45. The molecule has 0 radical (unpaired) electrons. The molecule has 0 aliphatic carbocycles. The van der Waals surface area contributed by atoms with Crippen LogP contribution in [0.1, 0.15) is 55.0 Å². The zero-order chi connectivity index (χ0) is 22.8. The summed E-state index contributed by atoms with van der Waals surface area (Å²) in [5.41, 5.74) is 6.11. The lowest BCUT2D eigenvalue weighted by atomic mass is 9.84. The minimum Gasteiger partial charge on any atom is -0.497 e. The van der Waals surface area contributed by atoms with Crippen molar-refractivity contribution < 1.29 is 9.47 Å². The van der Waals surface area contributed by atoms with E-state index in [4.69, 9.17) is 9.47 Å². The monoisotopic (exact) mass is 443 g/mol. The summed E-state index contributed by atoms with van der Waals surface area (Å²) < 4.78 is 13.1. The van der Waals surface area contributed by atoms with E-state index in [0.717, 1.165) is 29.4 Å². The van der Waals surface area contributed by atoms with Crippen molar-refractivity contribution in [1.29, 1.82) is 0 Å². The maximum Gasteiger partial charge on any atom is 0.143 e. The lowest BCUT2D eigenvalue weighted by molar-refractivity contribution is 0.0722. The van der Waals surface area contributed by atoms with Crippen LogP contribution in [-0.4, -0.2) is 41.3 Å². The molecular formula is C28H33N3O2. The molecule has 3 heterocycles. The predicted molar refractivity (Wildman–Crippen MR) is 132 cm³/mol. The number of aryl methyl sites for hydroxylation is 1. The van der Waals surface area contributed by atoms with Crippen LogP contribution in [0.3, 0.4) is 0 Å². The number of benzene rings is 2. The first-order chi connectivity index (χ1) is 16.1. The van der Waals surface area contributed by atoms with Crippen molar-refractivity contribution in [2.45, 2.75) is 51.1 Å². The standard InChI is InChI=1S/C28H33N3O2/c1-20-17-30(19-29-20)27-14-8-21(16-28(27)33-3)15-22-7-11-24-5-4-6-26(31(24)18-22)23-9-12-25(32-2)13-10-23/h8-10,12-17,19,24,26H,4-7,11,18H2,1-3H3/b22-15+/t24-,26+/m1/s1. The molecule has 0 N–H and O–H groups in total. The number of rotatable bonds is 5. The molecule has 3 aromatic rings. The van der Waals surface area contributed by atoms with Crippen molar-refractivity contribution >= 4 is 6.08 Å². The Bertz CT molecular complexity index is 1130. The second kappa shape index (κ2) is 9.44. The van der Waals surface area contributed by atoms with Gasteiger partial charge in [0.15, 0.2) is 0 Å². The number of ether oxygens (including phenoxy) is 2. The van der Waals surface area contributed by atoms with Crippen LogP contribution in [0.2, 0.25) is 0 Å². The number of methoxy groups -OCH3 is 2. The van der Waals surface area contributed by atoms with E-state index in [0.29, 0.717) is 12.1 Å². The van der Waals surface area contributed by atoms with Gasteiger partial charge in [0.25, 0.3) is 0 Å². The fourth-order valence-electron chi connectivity index (χ4n) is 5.44. The normalized spacial score (nSPS) is 22.2. The van der Waals surface area contributed by atoms with Crippen molar-refractivity contribution in [2.75, 3.05) is 20.8 Å². The van der Waals surface area contributed by atoms with Crippen LogP contribution in [-0.2, 0) is 0 Å². The van der Waals surface area contributed by atoms with E-state index in [9.17, 15) is 0 Å². The highest BCUT2D eigenvalue weighted by atomic mass is 16.5. The summed E-state index contributed by atoms with van der Waals surface area (Å²) in [6.07, 6.45) is 12.5. The average Bonchev–Trinajstić information content (AvgIpc) is 3.29. The number of piperidine rings is 2. The number of hydrogen-bond acceptors (Lipinski definition) is 4. The van der Waals surface area contributed by atoms with Crippen LogP contribution < -0.4 is 9.47 Å². The van der Waals surface area contributed by atoms with E-state index >= 15 is 0 Å². The van der Waals surface area contributed by atoms with Gasteiger partial charge in [-0.15, -0.1) is 0 Å². The molecule has 33 heavy (non-hydrogen) atoms. The average molecular weight is 444 g/mol. The Morgan fingerprint density at radius 2 is 1.85 bits per heavy atom. The second-order valence-electron chi connectivity index (χ2n) is 9.24. The predicted octanol–water partition coefficient (Wildman–Crippen LogP) is 5.97. The van der Waals surface area contributed by atoms with Gasteiger partial charge in [0.2, 0.25) is 0 Å².